The Labute approximate surface area is 113 Å². The van der Waals surface area contributed by atoms with Crippen LogP contribution in [0.4, 0.5) is 23.9 Å². The van der Waals surface area contributed by atoms with E-state index in [0.29, 0.717) is 5.52 Å². The maximum absolute atomic E-state index is 12.7. The number of fused-ring (bicyclic) bond motifs is 1. The van der Waals surface area contributed by atoms with E-state index < -0.39 is 17.8 Å². The van der Waals surface area contributed by atoms with Gasteiger partial charge in [-0.2, -0.15) is 13.2 Å². The lowest BCUT2D eigenvalue weighted by Gasteiger charge is -2.08. The highest BCUT2D eigenvalue weighted by Gasteiger charge is 2.34. The largest absolute Gasteiger partial charge is 0.453 e. The molecule has 1 aromatic carbocycles. The van der Waals surface area contributed by atoms with Crippen LogP contribution in [0, 0.1) is 0 Å². The third-order valence-corrected chi connectivity index (χ3v) is 3.11. The number of H-pyrrole nitrogens is 1. The molecule has 0 fully saturated rings. The van der Waals surface area contributed by atoms with Crippen molar-refractivity contribution in [3.05, 3.63) is 22.2 Å². The third kappa shape index (κ3) is 2.65. The number of nitrogens with one attached hydrogen (secondary N) is 2. The first kappa shape index (κ1) is 13.7. The van der Waals surface area contributed by atoms with E-state index >= 15 is 0 Å². The second-order valence-electron chi connectivity index (χ2n) is 3.52. The van der Waals surface area contributed by atoms with Crippen molar-refractivity contribution in [1.29, 1.82) is 0 Å². The van der Waals surface area contributed by atoms with Gasteiger partial charge in [0.15, 0.2) is 0 Å². The summed E-state index contributed by atoms with van der Waals surface area (Å²) < 4.78 is 42.2. The molecule has 0 bridgehead atoms. The SMILES string of the molecule is COC(=O)Nc1nc2c(Br)c(C(F)(F)F)ccc2[nH]1. The van der Waals surface area contributed by atoms with Gasteiger partial charge in [-0.15, -0.1) is 0 Å². The summed E-state index contributed by atoms with van der Waals surface area (Å²) in [4.78, 5) is 17.5. The number of nitrogens with zero attached hydrogens (tertiary/aromatic N) is 1. The Balaban J connectivity index is 2.49. The molecule has 9 heteroatoms. The number of amides is 1. The molecular weight excluding hydrogens is 331 g/mol. The van der Waals surface area contributed by atoms with Crippen molar-refractivity contribution in [2.45, 2.75) is 6.18 Å². The summed E-state index contributed by atoms with van der Waals surface area (Å²) in [5, 5.41) is 2.24. The molecule has 0 aliphatic heterocycles. The van der Waals surface area contributed by atoms with Crippen molar-refractivity contribution in [3.8, 4) is 0 Å². The number of halogens is 4. The van der Waals surface area contributed by atoms with Crippen LogP contribution in [0.3, 0.4) is 0 Å². The molecule has 0 aliphatic carbocycles. The number of aromatic nitrogens is 2. The fourth-order valence-corrected chi connectivity index (χ4v) is 2.13. The molecule has 1 aromatic heterocycles. The van der Waals surface area contributed by atoms with Crippen LogP contribution in [0.25, 0.3) is 11.0 Å². The van der Waals surface area contributed by atoms with Gasteiger partial charge in [-0.05, 0) is 28.1 Å². The molecule has 0 saturated heterocycles. The van der Waals surface area contributed by atoms with Crippen LogP contribution in [0.15, 0.2) is 16.6 Å². The third-order valence-electron chi connectivity index (χ3n) is 2.30. The number of hydrogen-bond donors (Lipinski definition) is 2. The Kier molecular flexibility index (Phi) is 3.40. The smallest absolute Gasteiger partial charge is 0.417 e. The number of rotatable bonds is 1. The van der Waals surface area contributed by atoms with Crippen LogP contribution in [0.2, 0.25) is 0 Å². The molecule has 19 heavy (non-hydrogen) atoms. The van der Waals surface area contributed by atoms with Gasteiger partial charge in [-0.3, -0.25) is 5.32 Å². The molecule has 0 atom stereocenters. The first-order valence-corrected chi connectivity index (χ1v) is 5.72. The summed E-state index contributed by atoms with van der Waals surface area (Å²) in [5.74, 6) is 0.00174. The van der Waals surface area contributed by atoms with E-state index in [1.54, 1.807) is 0 Å². The van der Waals surface area contributed by atoms with E-state index in [1.807, 2.05) is 0 Å². The summed E-state index contributed by atoms with van der Waals surface area (Å²) in [5.41, 5.74) is -0.413. The fourth-order valence-electron chi connectivity index (χ4n) is 1.47. The molecule has 0 aliphatic rings. The average Bonchev–Trinajstić information content (AvgIpc) is 2.71. The minimum atomic E-state index is -4.48. The lowest BCUT2D eigenvalue weighted by molar-refractivity contribution is -0.138. The van der Waals surface area contributed by atoms with E-state index in [2.05, 4.69) is 36.0 Å². The summed E-state index contributed by atoms with van der Waals surface area (Å²) in [7, 11) is 1.16. The molecule has 2 N–H and O–H groups in total. The van der Waals surface area contributed by atoms with Crippen molar-refractivity contribution in [2.75, 3.05) is 12.4 Å². The number of aromatic amines is 1. The van der Waals surface area contributed by atoms with Crippen LogP contribution in [-0.2, 0) is 10.9 Å². The van der Waals surface area contributed by atoms with Crippen LogP contribution < -0.4 is 5.32 Å². The van der Waals surface area contributed by atoms with Crippen molar-refractivity contribution >= 4 is 39.0 Å². The van der Waals surface area contributed by atoms with E-state index in [4.69, 9.17) is 0 Å². The predicted octanol–water partition coefficient (Wildman–Crippen LogP) is 3.52. The van der Waals surface area contributed by atoms with E-state index in [-0.39, 0.29) is 15.9 Å². The number of methoxy groups -OCH3 is 1. The zero-order chi connectivity index (χ0) is 14.2. The minimum Gasteiger partial charge on any atom is -0.453 e. The molecule has 102 valence electrons. The second-order valence-corrected chi connectivity index (χ2v) is 4.32. The van der Waals surface area contributed by atoms with Gasteiger partial charge in [0, 0.05) is 0 Å². The molecule has 2 aromatic rings. The number of imidazole rings is 1. The summed E-state index contributed by atoms with van der Waals surface area (Å²) in [6.07, 6.45) is -5.26. The van der Waals surface area contributed by atoms with Crippen LogP contribution in [0.1, 0.15) is 5.56 Å². The van der Waals surface area contributed by atoms with E-state index in [0.717, 1.165) is 13.2 Å². The Bertz CT molecular complexity index is 639. The Morgan fingerprint density at radius 2 is 2.16 bits per heavy atom. The standard InChI is InChI=1S/C10H7BrF3N3O2/c1-19-9(18)17-8-15-5-3-2-4(10(12,13)14)6(11)7(5)16-8/h2-3H,1H3,(H2,15,16,17,18). The summed E-state index contributed by atoms with van der Waals surface area (Å²) >= 11 is 2.87. The Morgan fingerprint density at radius 1 is 1.47 bits per heavy atom. The van der Waals surface area contributed by atoms with Gasteiger partial charge in [0.05, 0.1) is 22.7 Å². The van der Waals surface area contributed by atoms with Crippen LogP contribution in [0.5, 0.6) is 0 Å². The maximum atomic E-state index is 12.7. The molecule has 1 heterocycles. The quantitative estimate of drug-likeness (QED) is 0.836. The minimum absolute atomic E-state index is 0.00174. The average molecular weight is 338 g/mol. The van der Waals surface area contributed by atoms with Crippen molar-refractivity contribution in [1.82, 2.24) is 9.97 Å². The normalized spacial score (nSPS) is 11.6. The lowest BCUT2D eigenvalue weighted by atomic mass is 10.2. The van der Waals surface area contributed by atoms with Crippen LogP contribution >= 0.6 is 15.9 Å². The molecule has 5 nitrogen and oxygen atoms in total. The molecule has 2 rings (SSSR count). The Morgan fingerprint density at radius 3 is 2.74 bits per heavy atom. The number of benzene rings is 1. The monoisotopic (exact) mass is 337 g/mol. The van der Waals surface area contributed by atoms with Gasteiger partial charge in [0.1, 0.15) is 5.52 Å². The molecule has 1 amide bonds. The highest BCUT2D eigenvalue weighted by molar-refractivity contribution is 9.10. The maximum Gasteiger partial charge on any atom is 0.417 e. The van der Waals surface area contributed by atoms with Gasteiger partial charge in [-0.1, -0.05) is 0 Å². The van der Waals surface area contributed by atoms with Gasteiger partial charge < -0.3 is 9.72 Å². The molecule has 0 spiro atoms. The van der Waals surface area contributed by atoms with Gasteiger partial charge >= 0.3 is 12.3 Å². The van der Waals surface area contributed by atoms with Crippen molar-refractivity contribution in [2.24, 2.45) is 0 Å². The molecule has 0 radical (unpaired) electrons. The number of carbonyl (C=O) groups is 1. The zero-order valence-corrected chi connectivity index (χ0v) is 11.0. The Hall–Kier alpha value is -1.77. The van der Waals surface area contributed by atoms with E-state index in [1.165, 1.54) is 6.07 Å². The topological polar surface area (TPSA) is 67.0 Å². The van der Waals surface area contributed by atoms with Crippen molar-refractivity contribution < 1.29 is 22.7 Å². The number of alkyl halides is 3. The van der Waals surface area contributed by atoms with Crippen LogP contribution in [-0.4, -0.2) is 23.2 Å². The number of hydrogen-bond acceptors (Lipinski definition) is 3. The first-order chi connectivity index (χ1) is 8.82. The predicted molar refractivity (Wildman–Crippen MR) is 64.8 cm³/mol. The summed E-state index contributed by atoms with van der Waals surface area (Å²) in [6, 6.07) is 2.16. The van der Waals surface area contributed by atoms with Gasteiger partial charge in [0.25, 0.3) is 0 Å². The zero-order valence-electron chi connectivity index (χ0n) is 9.43. The van der Waals surface area contributed by atoms with Gasteiger partial charge in [0.2, 0.25) is 5.95 Å². The number of carbonyl (C=O) groups excluding carboxylic acids is 1. The highest BCUT2D eigenvalue weighted by atomic mass is 79.9. The van der Waals surface area contributed by atoms with Crippen molar-refractivity contribution in [3.63, 3.8) is 0 Å². The van der Waals surface area contributed by atoms with E-state index in [9.17, 15) is 18.0 Å². The lowest BCUT2D eigenvalue weighted by Crippen LogP contribution is -2.11. The number of ether oxygens (including phenoxy) is 1. The fraction of sp³-hybridized carbons (Fsp3) is 0.200. The first-order valence-electron chi connectivity index (χ1n) is 4.93. The van der Waals surface area contributed by atoms with Gasteiger partial charge in [-0.25, -0.2) is 9.78 Å². The summed E-state index contributed by atoms with van der Waals surface area (Å²) in [6.45, 7) is 0. The second kappa shape index (κ2) is 4.72. The molecular formula is C10H7BrF3N3O2. The highest BCUT2D eigenvalue weighted by Crippen LogP contribution is 2.38. The number of anilines is 1. The molecule has 0 unspecified atom stereocenters. The molecule has 0 saturated carbocycles.